The zero-order valence-electron chi connectivity index (χ0n) is 14.4. The number of urea groups is 1. The standard InChI is InChI=1S/C17H22N2O6/c1-4-9-24-13-7-5-12(10-14(13)23-3)6-8-15(20)25-11(2)16(21)19-17(18)22/h5-8,10-11H,4,9H2,1-3H3,(H3,18,19,21,22)/b8-6+/t11-/m1/s1. The number of esters is 1. The van der Waals surface area contributed by atoms with E-state index in [1.165, 1.54) is 20.1 Å². The number of hydrogen-bond donors (Lipinski definition) is 2. The first-order valence-electron chi connectivity index (χ1n) is 7.67. The van der Waals surface area contributed by atoms with E-state index in [1.807, 2.05) is 12.2 Å². The van der Waals surface area contributed by atoms with Crippen molar-refractivity contribution in [3.8, 4) is 11.5 Å². The third-order valence-electron chi connectivity index (χ3n) is 2.97. The van der Waals surface area contributed by atoms with Crippen molar-refractivity contribution in [2.45, 2.75) is 26.4 Å². The Morgan fingerprint density at radius 3 is 2.60 bits per heavy atom. The summed E-state index contributed by atoms with van der Waals surface area (Å²) in [6.07, 6.45) is 2.39. The average molecular weight is 350 g/mol. The second-order valence-electron chi connectivity index (χ2n) is 5.02. The summed E-state index contributed by atoms with van der Waals surface area (Å²) in [6.45, 7) is 3.90. The molecule has 0 bridgehead atoms. The molecule has 0 aliphatic carbocycles. The molecule has 0 saturated heterocycles. The highest BCUT2D eigenvalue weighted by Gasteiger charge is 2.17. The summed E-state index contributed by atoms with van der Waals surface area (Å²) in [6, 6.07) is 4.18. The Kier molecular flexibility index (Phi) is 7.98. The molecule has 136 valence electrons. The van der Waals surface area contributed by atoms with E-state index in [1.54, 1.807) is 18.2 Å². The van der Waals surface area contributed by atoms with Gasteiger partial charge in [0.05, 0.1) is 13.7 Å². The molecule has 1 rings (SSSR count). The van der Waals surface area contributed by atoms with Crippen molar-refractivity contribution in [2.24, 2.45) is 5.73 Å². The van der Waals surface area contributed by atoms with Gasteiger partial charge in [0.1, 0.15) is 0 Å². The number of ether oxygens (including phenoxy) is 3. The van der Waals surface area contributed by atoms with Gasteiger partial charge in [-0.15, -0.1) is 0 Å². The van der Waals surface area contributed by atoms with Crippen molar-refractivity contribution in [3.05, 3.63) is 29.8 Å². The fourth-order valence-corrected chi connectivity index (χ4v) is 1.77. The number of nitrogens with two attached hydrogens (primary N) is 1. The van der Waals surface area contributed by atoms with Gasteiger partial charge in [-0.1, -0.05) is 13.0 Å². The van der Waals surface area contributed by atoms with Crippen LogP contribution in [0.2, 0.25) is 0 Å². The van der Waals surface area contributed by atoms with Gasteiger partial charge >= 0.3 is 12.0 Å². The monoisotopic (exact) mass is 350 g/mol. The largest absolute Gasteiger partial charge is 0.493 e. The second kappa shape index (κ2) is 9.96. The number of nitrogens with one attached hydrogen (secondary N) is 1. The summed E-state index contributed by atoms with van der Waals surface area (Å²) in [5.74, 6) is -0.385. The molecule has 1 atom stereocenters. The molecule has 0 fully saturated rings. The van der Waals surface area contributed by atoms with E-state index < -0.39 is 24.0 Å². The summed E-state index contributed by atoms with van der Waals surface area (Å²) < 4.78 is 15.7. The quantitative estimate of drug-likeness (QED) is 0.543. The Morgan fingerprint density at radius 1 is 1.28 bits per heavy atom. The molecular weight excluding hydrogens is 328 g/mol. The Labute approximate surface area is 145 Å². The van der Waals surface area contributed by atoms with Gasteiger partial charge in [0.25, 0.3) is 5.91 Å². The fourth-order valence-electron chi connectivity index (χ4n) is 1.77. The molecule has 0 radical (unpaired) electrons. The van der Waals surface area contributed by atoms with E-state index in [0.717, 1.165) is 12.5 Å². The Bertz CT molecular complexity index is 657. The van der Waals surface area contributed by atoms with Crippen LogP contribution in [0.5, 0.6) is 11.5 Å². The van der Waals surface area contributed by atoms with Crippen LogP contribution in [0.3, 0.4) is 0 Å². The SMILES string of the molecule is CCCOc1ccc(/C=C/C(=O)O[C@H](C)C(=O)NC(N)=O)cc1OC. The highest BCUT2D eigenvalue weighted by molar-refractivity contribution is 5.97. The van der Waals surface area contributed by atoms with Crippen LogP contribution in [0.15, 0.2) is 24.3 Å². The molecule has 0 spiro atoms. The minimum absolute atomic E-state index is 0.540. The van der Waals surface area contributed by atoms with Crippen LogP contribution >= 0.6 is 0 Å². The first-order chi connectivity index (χ1) is 11.9. The van der Waals surface area contributed by atoms with Crippen molar-refractivity contribution < 1.29 is 28.6 Å². The highest BCUT2D eigenvalue weighted by atomic mass is 16.5. The fraction of sp³-hybridized carbons (Fsp3) is 0.353. The molecule has 0 aliphatic heterocycles. The number of primary amides is 1. The van der Waals surface area contributed by atoms with E-state index in [4.69, 9.17) is 19.9 Å². The molecule has 0 aromatic heterocycles. The predicted octanol–water partition coefficient (Wildman–Crippen LogP) is 1.62. The normalized spacial score (nSPS) is 11.6. The zero-order valence-corrected chi connectivity index (χ0v) is 14.4. The van der Waals surface area contributed by atoms with Crippen molar-refractivity contribution in [1.29, 1.82) is 0 Å². The van der Waals surface area contributed by atoms with E-state index in [9.17, 15) is 14.4 Å². The summed E-state index contributed by atoms with van der Waals surface area (Å²) in [7, 11) is 1.52. The lowest BCUT2D eigenvalue weighted by molar-refractivity contribution is -0.149. The van der Waals surface area contributed by atoms with Gasteiger partial charge in [0, 0.05) is 6.08 Å². The van der Waals surface area contributed by atoms with E-state index in [-0.39, 0.29) is 0 Å². The zero-order chi connectivity index (χ0) is 18.8. The molecule has 0 unspecified atom stereocenters. The van der Waals surface area contributed by atoms with Crippen LogP contribution in [0, 0.1) is 0 Å². The van der Waals surface area contributed by atoms with Gasteiger partial charge in [-0.05, 0) is 37.1 Å². The molecule has 0 aliphatic rings. The lowest BCUT2D eigenvalue weighted by atomic mass is 10.2. The number of methoxy groups -OCH3 is 1. The maximum absolute atomic E-state index is 11.7. The van der Waals surface area contributed by atoms with Gasteiger partial charge in [-0.3, -0.25) is 10.1 Å². The Balaban J connectivity index is 2.69. The highest BCUT2D eigenvalue weighted by Crippen LogP contribution is 2.28. The van der Waals surface area contributed by atoms with E-state index in [0.29, 0.717) is 23.7 Å². The Morgan fingerprint density at radius 2 is 2.00 bits per heavy atom. The van der Waals surface area contributed by atoms with E-state index >= 15 is 0 Å². The summed E-state index contributed by atoms with van der Waals surface area (Å²) >= 11 is 0. The molecule has 0 saturated carbocycles. The van der Waals surface area contributed by atoms with Gasteiger partial charge in [0.2, 0.25) is 0 Å². The molecular formula is C17H22N2O6. The number of amides is 3. The van der Waals surface area contributed by atoms with Gasteiger partial charge in [0.15, 0.2) is 17.6 Å². The number of benzene rings is 1. The number of imide groups is 1. The van der Waals surface area contributed by atoms with Crippen molar-refractivity contribution in [3.63, 3.8) is 0 Å². The molecule has 8 heteroatoms. The predicted molar refractivity (Wildman–Crippen MR) is 91.1 cm³/mol. The van der Waals surface area contributed by atoms with E-state index in [2.05, 4.69) is 0 Å². The van der Waals surface area contributed by atoms with Gasteiger partial charge < -0.3 is 19.9 Å². The topological polar surface area (TPSA) is 117 Å². The molecule has 1 aromatic carbocycles. The number of hydrogen-bond acceptors (Lipinski definition) is 6. The molecule has 1 aromatic rings. The molecule has 25 heavy (non-hydrogen) atoms. The lowest BCUT2D eigenvalue weighted by Gasteiger charge is -2.11. The average Bonchev–Trinajstić information content (AvgIpc) is 2.57. The van der Waals surface area contributed by atoms with Crippen LogP contribution in [0.4, 0.5) is 4.79 Å². The maximum Gasteiger partial charge on any atom is 0.331 e. The summed E-state index contributed by atoms with van der Waals surface area (Å²) in [5.41, 5.74) is 5.51. The second-order valence-corrected chi connectivity index (χ2v) is 5.02. The number of rotatable bonds is 8. The van der Waals surface area contributed by atoms with Crippen molar-refractivity contribution in [1.82, 2.24) is 5.32 Å². The number of carbonyl (C=O) groups is 3. The minimum atomic E-state index is -1.15. The molecule has 3 N–H and O–H groups in total. The van der Waals surface area contributed by atoms with Gasteiger partial charge in [-0.25, -0.2) is 9.59 Å². The number of carbonyl (C=O) groups excluding carboxylic acids is 3. The lowest BCUT2D eigenvalue weighted by Crippen LogP contribution is -2.42. The molecule has 3 amide bonds. The summed E-state index contributed by atoms with van der Waals surface area (Å²) in [5, 5.41) is 1.83. The van der Waals surface area contributed by atoms with Crippen molar-refractivity contribution >= 4 is 24.0 Å². The molecule has 8 nitrogen and oxygen atoms in total. The Hall–Kier alpha value is -3.03. The maximum atomic E-state index is 11.7. The summed E-state index contributed by atoms with van der Waals surface area (Å²) in [4.78, 5) is 33.7. The minimum Gasteiger partial charge on any atom is -0.493 e. The smallest absolute Gasteiger partial charge is 0.331 e. The first kappa shape index (κ1) is 20.0. The third kappa shape index (κ3) is 6.94. The first-order valence-corrected chi connectivity index (χ1v) is 7.67. The van der Waals surface area contributed by atoms with Crippen LogP contribution in [-0.2, 0) is 14.3 Å². The van der Waals surface area contributed by atoms with Gasteiger partial charge in [-0.2, -0.15) is 0 Å². The van der Waals surface area contributed by atoms with Crippen LogP contribution < -0.4 is 20.5 Å². The van der Waals surface area contributed by atoms with Crippen LogP contribution in [0.25, 0.3) is 6.08 Å². The van der Waals surface area contributed by atoms with Crippen LogP contribution in [-0.4, -0.2) is 37.7 Å². The molecule has 0 heterocycles. The van der Waals surface area contributed by atoms with Crippen LogP contribution in [0.1, 0.15) is 25.8 Å². The van der Waals surface area contributed by atoms with Crippen molar-refractivity contribution in [2.75, 3.05) is 13.7 Å². The third-order valence-corrected chi connectivity index (χ3v) is 2.97.